The molecule has 0 fully saturated rings. The monoisotopic (exact) mass is 334 g/mol. The molecule has 2 N–H and O–H groups in total. The molecule has 0 atom stereocenters. The van der Waals surface area contributed by atoms with Crippen LogP contribution in [0.25, 0.3) is 10.9 Å². The molecule has 0 spiro atoms. The van der Waals surface area contributed by atoms with Crippen molar-refractivity contribution in [1.29, 1.82) is 0 Å². The molecule has 25 heavy (non-hydrogen) atoms. The maximum atomic E-state index is 12.3. The molecule has 128 valence electrons. The van der Waals surface area contributed by atoms with Gasteiger partial charge in [-0.2, -0.15) is 0 Å². The van der Waals surface area contributed by atoms with E-state index in [0.29, 0.717) is 12.0 Å². The van der Waals surface area contributed by atoms with Crippen LogP contribution in [-0.2, 0) is 11.2 Å². The summed E-state index contributed by atoms with van der Waals surface area (Å²) in [5, 5.41) is 3.87. The first kappa shape index (κ1) is 17.0. The summed E-state index contributed by atoms with van der Waals surface area (Å²) in [6.07, 6.45) is 0.684. The van der Waals surface area contributed by atoms with Crippen LogP contribution in [0.5, 0.6) is 0 Å². The number of nitrogens with one attached hydrogen (secondary N) is 2. The third-order valence-corrected chi connectivity index (χ3v) is 4.33. The summed E-state index contributed by atoms with van der Waals surface area (Å²) in [5.74, 6) is -0.0937. The quantitative estimate of drug-likeness (QED) is 0.757. The fraction of sp³-hybridized carbons (Fsp3) is 0.238. The molecule has 3 aromatic rings. The number of pyridine rings is 1. The minimum Gasteiger partial charge on any atom is -0.326 e. The van der Waals surface area contributed by atoms with Crippen LogP contribution in [0.2, 0.25) is 0 Å². The number of hydrogen-bond acceptors (Lipinski definition) is 2. The van der Waals surface area contributed by atoms with Crippen LogP contribution >= 0.6 is 0 Å². The molecule has 0 unspecified atom stereocenters. The predicted octanol–water partition coefficient (Wildman–Crippen LogP) is 4.02. The van der Waals surface area contributed by atoms with E-state index in [4.69, 9.17) is 0 Å². The van der Waals surface area contributed by atoms with Gasteiger partial charge in [0, 0.05) is 17.7 Å². The third kappa shape index (κ3) is 3.97. The molecule has 4 nitrogen and oxygen atoms in total. The summed E-state index contributed by atoms with van der Waals surface area (Å²) in [5.41, 5.74) is 5.50. The Morgan fingerprint density at radius 1 is 1.00 bits per heavy atom. The predicted molar refractivity (Wildman–Crippen MR) is 102 cm³/mol. The normalized spacial score (nSPS) is 10.8. The molecule has 0 saturated carbocycles. The van der Waals surface area contributed by atoms with Crippen LogP contribution in [0.15, 0.2) is 47.3 Å². The largest absolute Gasteiger partial charge is 0.326 e. The van der Waals surface area contributed by atoms with Gasteiger partial charge in [-0.05, 0) is 62.4 Å². The molecule has 0 aliphatic carbocycles. The number of carbonyl (C=O) groups excluding carboxylic acids is 1. The maximum Gasteiger partial charge on any atom is 0.251 e. The number of anilines is 1. The molecule has 1 amide bonds. The first-order valence-corrected chi connectivity index (χ1v) is 8.42. The van der Waals surface area contributed by atoms with Crippen LogP contribution in [0.4, 0.5) is 5.69 Å². The second-order valence-corrected chi connectivity index (χ2v) is 6.58. The summed E-state index contributed by atoms with van der Waals surface area (Å²) < 4.78 is 0. The van der Waals surface area contributed by atoms with E-state index in [1.807, 2.05) is 63.2 Å². The zero-order valence-corrected chi connectivity index (χ0v) is 14.8. The number of carbonyl (C=O) groups is 1. The number of aromatic amines is 1. The van der Waals surface area contributed by atoms with Crippen molar-refractivity contribution in [1.82, 2.24) is 4.98 Å². The minimum absolute atomic E-state index is 0.0937. The summed E-state index contributed by atoms with van der Waals surface area (Å²) in [7, 11) is 0. The number of aryl methyl sites for hydroxylation is 4. The number of fused-ring (bicyclic) bond motifs is 1. The average molecular weight is 334 g/mol. The van der Waals surface area contributed by atoms with Gasteiger partial charge in [0.25, 0.3) is 5.56 Å². The molecular weight excluding hydrogens is 312 g/mol. The number of rotatable bonds is 4. The molecule has 0 aliphatic heterocycles. The molecule has 3 rings (SSSR count). The highest BCUT2D eigenvalue weighted by atomic mass is 16.1. The molecule has 0 saturated heterocycles. The Morgan fingerprint density at radius 2 is 1.72 bits per heavy atom. The van der Waals surface area contributed by atoms with Crippen LogP contribution < -0.4 is 10.9 Å². The van der Waals surface area contributed by atoms with Crippen molar-refractivity contribution in [2.45, 2.75) is 33.6 Å². The van der Waals surface area contributed by atoms with Gasteiger partial charge >= 0.3 is 0 Å². The van der Waals surface area contributed by atoms with Gasteiger partial charge in [-0.3, -0.25) is 9.59 Å². The van der Waals surface area contributed by atoms with Crippen molar-refractivity contribution >= 4 is 22.5 Å². The van der Waals surface area contributed by atoms with E-state index >= 15 is 0 Å². The number of benzene rings is 2. The first-order chi connectivity index (χ1) is 11.9. The van der Waals surface area contributed by atoms with Crippen LogP contribution in [-0.4, -0.2) is 10.9 Å². The van der Waals surface area contributed by atoms with Gasteiger partial charge in [-0.25, -0.2) is 0 Å². The van der Waals surface area contributed by atoms with Gasteiger partial charge in [-0.1, -0.05) is 29.3 Å². The lowest BCUT2D eigenvalue weighted by Gasteiger charge is -2.08. The van der Waals surface area contributed by atoms with Crippen LogP contribution in [0, 0.1) is 20.8 Å². The topological polar surface area (TPSA) is 62.0 Å². The second kappa shape index (κ2) is 6.93. The minimum atomic E-state index is -0.123. The smallest absolute Gasteiger partial charge is 0.251 e. The Hall–Kier alpha value is -2.88. The van der Waals surface area contributed by atoms with Gasteiger partial charge < -0.3 is 10.3 Å². The SMILES string of the molecule is Cc1ccc(NC(=O)CCc2cc3cc(C)cc(C)c3[nH]c2=O)cc1. The summed E-state index contributed by atoms with van der Waals surface area (Å²) >= 11 is 0. The van der Waals surface area contributed by atoms with E-state index in [-0.39, 0.29) is 17.9 Å². The van der Waals surface area contributed by atoms with Gasteiger partial charge in [0.15, 0.2) is 0 Å². The lowest BCUT2D eigenvalue weighted by Crippen LogP contribution is -2.17. The fourth-order valence-electron chi connectivity index (χ4n) is 3.03. The number of amides is 1. The summed E-state index contributed by atoms with van der Waals surface area (Å²) in [6.45, 7) is 6.02. The highest BCUT2D eigenvalue weighted by molar-refractivity contribution is 5.91. The molecule has 4 heteroatoms. The highest BCUT2D eigenvalue weighted by Crippen LogP contribution is 2.18. The van der Waals surface area contributed by atoms with Gasteiger partial charge in [-0.15, -0.1) is 0 Å². The highest BCUT2D eigenvalue weighted by Gasteiger charge is 2.09. The summed E-state index contributed by atoms with van der Waals surface area (Å²) in [4.78, 5) is 27.4. The number of aromatic nitrogens is 1. The van der Waals surface area contributed by atoms with E-state index in [1.54, 1.807) is 0 Å². The van der Waals surface area contributed by atoms with E-state index in [1.165, 1.54) is 0 Å². The van der Waals surface area contributed by atoms with Crippen molar-refractivity contribution in [3.05, 3.63) is 75.1 Å². The lowest BCUT2D eigenvalue weighted by molar-refractivity contribution is -0.116. The van der Waals surface area contributed by atoms with E-state index < -0.39 is 0 Å². The number of hydrogen-bond donors (Lipinski definition) is 2. The average Bonchev–Trinajstić information content (AvgIpc) is 2.56. The molecule has 0 aliphatic rings. The third-order valence-electron chi connectivity index (χ3n) is 4.33. The number of H-pyrrole nitrogens is 1. The molecular formula is C21H22N2O2. The fourth-order valence-corrected chi connectivity index (χ4v) is 3.03. The van der Waals surface area contributed by atoms with Crippen LogP contribution in [0.1, 0.15) is 28.7 Å². The van der Waals surface area contributed by atoms with Gasteiger partial charge in [0.2, 0.25) is 5.91 Å². The van der Waals surface area contributed by atoms with Crippen molar-refractivity contribution in [3.8, 4) is 0 Å². The van der Waals surface area contributed by atoms with Gasteiger partial charge in [0.1, 0.15) is 0 Å². The maximum absolute atomic E-state index is 12.3. The molecule has 1 aromatic heterocycles. The van der Waals surface area contributed by atoms with Crippen molar-refractivity contribution in [3.63, 3.8) is 0 Å². The van der Waals surface area contributed by atoms with Gasteiger partial charge in [0.05, 0.1) is 5.52 Å². The van der Waals surface area contributed by atoms with E-state index in [0.717, 1.165) is 33.3 Å². The first-order valence-electron chi connectivity index (χ1n) is 8.42. The Labute approximate surface area is 146 Å². The van der Waals surface area contributed by atoms with Crippen molar-refractivity contribution in [2.75, 3.05) is 5.32 Å². The molecule has 0 bridgehead atoms. The van der Waals surface area contributed by atoms with Crippen LogP contribution in [0.3, 0.4) is 0 Å². The van der Waals surface area contributed by atoms with Crippen molar-refractivity contribution in [2.24, 2.45) is 0 Å². The Bertz CT molecular complexity index is 985. The van der Waals surface area contributed by atoms with E-state index in [9.17, 15) is 9.59 Å². The van der Waals surface area contributed by atoms with Crippen molar-refractivity contribution < 1.29 is 4.79 Å². The molecule has 1 heterocycles. The standard InChI is InChI=1S/C21H22N2O2/c1-13-4-7-18(8-5-13)22-19(24)9-6-16-12-17-11-14(2)10-15(3)20(17)23-21(16)25/h4-5,7-8,10-12H,6,9H2,1-3H3,(H,22,24)(H,23,25). The lowest BCUT2D eigenvalue weighted by atomic mass is 10.0. The zero-order valence-electron chi connectivity index (χ0n) is 14.8. The Balaban J connectivity index is 1.74. The molecule has 2 aromatic carbocycles. The Kier molecular flexibility index (Phi) is 4.70. The zero-order chi connectivity index (χ0) is 18.0. The van der Waals surface area contributed by atoms with E-state index in [2.05, 4.69) is 10.3 Å². The second-order valence-electron chi connectivity index (χ2n) is 6.58. The molecule has 0 radical (unpaired) electrons. The Morgan fingerprint density at radius 3 is 2.44 bits per heavy atom. The summed E-state index contributed by atoms with van der Waals surface area (Å²) in [6, 6.07) is 13.7.